The third-order valence-electron chi connectivity index (χ3n) is 3.51. The number of nitrogens with one attached hydrogen (secondary N) is 1. The maximum Gasteiger partial charge on any atom is 0.0738 e. The van der Waals surface area contributed by atoms with Crippen LogP contribution >= 0.6 is 0 Å². The van der Waals surface area contributed by atoms with E-state index >= 15 is 0 Å². The van der Waals surface area contributed by atoms with Crippen LogP contribution in [0.2, 0.25) is 0 Å². The Labute approximate surface area is 93.7 Å². The van der Waals surface area contributed by atoms with Crippen LogP contribution in [0.25, 0.3) is 0 Å². The van der Waals surface area contributed by atoms with Crippen LogP contribution in [0.15, 0.2) is 0 Å². The number of hydrogen-bond acceptors (Lipinski definition) is 3. The molecular formula is C12H26N2O. The Morgan fingerprint density at radius 3 is 2.47 bits per heavy atom. The molecule has 0 heterocycles. The Balaban J connectivity index is 2.37. The zero-order valence-corrected chi connectivity index (χ0v) is 10.2. The summed E-state index contributed by atoms with van der Waals surface area (Å²) >= 11 is 0. The van der Waals surface area contributed by atoms with Crippen molar-refractivity contribution in [1.82, 2.24) is 5.43 Å². The highest BCUT2D eigenvalue weighted by molar-refractivity contribution is 4.80. The number of rotatable bonds is 7. The molecule has 0 amide bonds. The van der Waals surface area contributed by atoms with Crippen LogP contribution in [0, 0.1) is 5.92 Å². The average molecular weight is 214 g/mol. The lowest BCUT2D eigenvalue weighted by Gasteiger charge is -2.27. The van der Waals surface area contributed by atoms with E-state index in [-0.39, 0.29) is 6.10 Å². The molecule has 0 radical (unpaired) electrons. The molecule has 90 valence electrons. The van der Waals surface area contributed by atoms with Crippen molar-refractivity contribution >= 4 is 0 Å². The Morgan fingerprint density at radius 2 is 2.00 bits per heavy atom. The molecule has 0 aromatic heterocycles. The van der Waals surface area contributed by atoms with Crippen LogP contribution in [-0.2, 0) is 4.74 Å². The minimum Gasteiger partial charge on any atom is -0.377 e. The molecule has 0 spiro atoms. The number of nitrogens with two attached hydrogens (primary N) is 1. The highest BCUT2D eigenvalue weighted by Crippen LogP contribution is 2.29. The molecule has 2 unspecified atom stereocenters. The standard InChI is InChI=1S/C12H26N2O/c1-3-12(15-4-2)11(14-13)9-10-7-5-6-8-10/h10-12,14H,3-9,13H2,1-2H3. The van der Waals surface area contributed by atoms with Gasteiger partial charge in [0, 0.05) is 12.6 Å². The monoisotopic (exact) mass is 214 g/mol. The molecule has 1 rings (SSSR count). The van der Waals surface area contributed by atoms with Gasteiger partial charge in [-0.25, -0.2) is 0 Å². The van der Waals surface area contributed by atoms with E-state index in [1.165, 1.54) is 32.1 Å². The summed E-state index contributed by atoms with van der Waals surface area (Å²) < 4.78 is 5.71. The van der Waals surface area contributed by atoms with Crippen molar-refractivity contribution in [2.75, 3.05) is 6.61 Å². The van der Waals surface area contributed by atoms with Crippen molar-refractivity contribution in [2.24, 2.45) is 11.8 Å². The van der Waals surface area contributed by atoms with Gasteiger partial charge in [0.05, 0.1) is 6.10 Å². The number of hydrazine groups is 1. The molecule has 1 aliphatic rings. The summed E-state index contributed by atoms with van der Waals surface area (Å²) in [6.45, 7) is 4.99. The lowest BCUT2D eigenvalue weighted by atomic mass is 9.94. The fraction of sp³-hybridized carbons (Fsp3) is 1.00. The zero-order valence-electron chi connectivity index (χ0n) is 10.2. The molecule has 0 saturated heterocycles. The van der Waals surface area contributed by atoms with E-state index in [1.807, 2.05) is 6.92 Å². The van der Waals surface area contributed by atoms with Gasteiger partial charge in [0.25, 0.3) is 0 Å². The molecule has 0 aromatic rings. The molecular weight excluding hydrogens is 188 g/mol. The van der Waals surface area contributed by atoms with Gasteiger partial charge in [0.2, 0.25) is 0 Å². The molecule has 3 nitrogen and oxygen atoms in total. The lowest BCUT2D eigenvalue weighted by molar-refractivity contribution is 0.0254. The first-order valence-electron chi connectivity index (χ1n) is 6.39. The first-order chi connectivity index (χ1) is 7.31. The van der Waals surface area contributed by atoms with Crippen LogP contribution in [0.5, 0.6) is 0 Å². The van der Waals surface area contributed by atoms with Gasteiger partial charge in [0.1, 0.15) is 0 Å². The Bertz CT molecular complexity index is 158. The van der Waals surface area contributed by atoms with Gasteiger partial charge in [-0.15, -0.1) is 0 Å². The highest BCUT2D eigenvalue weighted by Gasteiger charge is 2.24. The number of hydrogen-bond donors (Lipinski definition) is 2. The molecule has 15 heavy (non-hydrogen) atoms. The smallest absolute Gasteiger partial charge is 0.0738 e. The predicted molar refractivity (Wildman–Crippen MR) is 63.4 cm³/mol. The van der Waals surface area contributed by atoms with Crippen molar-refractivity contribution in [3.05, 3.63) is 0 Å². The minimum atomic E-state index is 0.278. The van der Waals surface area contributed by atoms with Crippen molar-refractivity contribution in [2.45, 2.75) is 64.5 Å². The molecule has 3 heteroatoms. The van der Waals surface area contributed by atoms with Gasteiger partial charge < -0.3 is 4.74 Å². The van der Waals surface area contributed by atoms with Crippen LogP contribution in [0.3, 0.4) is 0 Å². The molecule has 1 aliphatic carbocycles. The van der Waals surface area contributed by atoms with Crippen molar-refractivity contribution in [3.8, 4) is 0 Å². The fourth-order valence-electron chi connectivity index (χ4n) is 2.66. The summed E-state index contributed by atoms with van der Waals surface area (Å²) in [4.78, 5) is 0. The van der Waals surface area contributed by atoms with Crippen molar-refractivity contribution in [1.29, 1.82) is 0 Å². The normalized spacial score (nSPS) is 21.8. The largest absolute Gasteiger partial charge is 0.377 e. The van der Waals surface area contributed by atoms with Crippen molar-refractivity contribution in [3.63, 3.8) is 0 Å². The van der Waals surface area contributed by atoms with E-state index in [4.69, 9.17) is 10.6 Å². The lowest BCUT2D eigenvalue weighted by Crippen LogP contribution is -2.46. The maximum atomic E-state index is 5.71. The van der Waals surface area contributed by atoms with Crippen LogP contribution in [0.4, 0.5) is 0 Å². The highest BCUT2D eigenvalue weighted by atomic mass is 16.5. The first-order valence-corrected chi connectivity index (χ1v) is 6.39. The molecule has 0 bridgehead atoms. The minimum absolute atomic E-state index is 0.278. The maximum absolute atomic E-state index is 5.71. The van der Waals surface area contributed by atoms with E-state index in [0.29, 0.717) is 6.04 Å². The van der Waals surface area contributed by atoms with Gasteiger partial charge in [0.15, 0.2) is 0 Å². The van der Waals surface area contributed by atoms with Crippen LogP contribution in [0.1, 0.15) is 52.4 Å². The Morgan fingerprint density at radius 1 is 1.33 bits per heavy atom. The van der Waals surface area contributed by atoms with E-state index in [2.05, 4.69) is 12.3 Å². The molecule has 2 atom stereocenters. The number of ether oxygens (including phenoxy) is 1. The summed E-state index contributed by atoms with van der Waals surface area (Å²) in [5, 5.41) is 0. The summed E-state index contributed by atoms with van der Waals surface area (Å²) in [5.41, 5.74) is 2.94. The molecule has 0 aliphatic heterocycles. The molecule has 0 aromatic carbocycles. The quantitative estimate of drug-likeness (QED) is 0.504. The van der Waals surface area contributed by atoms with E-state index in [0.717, 1.165) is 18.9 Å². The Hall–Kier alpha value is -0.120. The molecule has 1 fully saturated rings. The van der Waals surface area contributed by atoms with E-state index < -0.39 is 0 Å². The van der Waals surface area contributed by atoms with Gasteiger partial charge in [-0.3, -0.25) is 11.3 Å². The fourth-order valence-corrected chi connectivity index (χ4v) is 2.66. The molecule has 3 N–H and O–H groups in total. The Kier molecular flexibility index (Phi) is 6.22. The van der Waals surface area contributed by atoms with Gasteiger partial charge in [-0.1, -0.05) is 32.6 Å². The SMILES string of the molecule is CCOC(CC)C(CC1CCCC1)NN. The zero-order chi connectivity index (χ0) is 11.1. The van der Waals surface area contributed by atoms with Crippen LogP contribution in [-0.4, -0.2) is 18.8 Å². The third kappa shape index (κ3) is 4.09. The second kappa shape index (κ2) is 7.20. The third-order valence-corrected chi connectivity index (χ3v) is 3.51. The topological polar surface area (TPSA) is 47.3 Å². The summed E-state index contributed by atoms with van der Waals surface area (Å²) in [6, 6.07) is 0.332. The second-order valence-corrected chi connectivity index (χ2v) is 4.56. The van der Waals surface area contributed by atoms with Gasteiger partial charge in [-0.2, -0.15) is 0 Å². The summed E-state index contributed by atoms with van der Waals surface area (Å²) in [6.07, 6.45) is 8.03. The first kappa shape index (κ1) is 12.9. The van der Waals surface area contributed by atoms with Gasteiger partial charge >= 0.3 is 0 Å². The van der Waals surface area contributed by atoms with Crippen LogP contribution < -0.4 is 11.3 Å². The van der Waals surface area contributed by atoms with E-state index in [1.54, 1.807) is 0 Å². The molecule has 1 saturated carbocycles. The summed E-state index contributed by atoms with van der Waals surface area (Å²) in [5.74, 6) is 6.49. The average Bonchev–Trinajstić information content (AvgIpc) is 2.75. The van der Waals surface area contributed by atoms with Gasteiger partial charge in [-0.05, 0) is 25.7 Å². The second-order valence-electron chi connectivity index (χ2n) is 4.56. The summed E-state index contributed by atoms with van der Waals surface area (Å²) in [7, 11) is 0. The predicted octanol–water partition coefficient (Wildman–Crippen LogP) is 2.21. The van der Waals surface area contributed by atoms with Crippen molar-refractivity contribution < 1.29 is 4.74 Å². The van der Waals surface area contributed by atoms with E-state index in [9.17, 15) is 0 Å².